The van der Waals surface area contributed by atoms with Gasteiger partial charge in [0, 0.05) is 5.75 Å². The Balaban J connectivity index is 5.44. The molecule has 0 aromatic rings. The molecule has 0 heterocycles. The third-order valence-corrected chi connectivity index (χ3v) is 4.51. The van der Waals surface area contributed by atoms with Crippen LogP contribution in [-0.2, 0) is 28.8 Å². The van der Waals surface area contributed by atoms with E-state index >= 15 is 0 Å². The van der Waals surface area contributed by atoms with Crippen LogP contribution in [0.25, 0.3) is 0 Å². The fraction of sp³-hybridized carbons (Fsp3) is 0.647. The van der Waals surface area contributed by atoms with E-state index < -0.39 is 72.6 Å². The van der Waals surface area contributed by atoms with Crippen LogP contribution < -0.4 is 33.2 Å². The Morgan fingerprint density at radius 2 is 1.34 bits per heavy atom. The monoisotopic (exact) mass is 478 g/mol. The van der Waals surface area contributed by atoms with Gasteiger partial charge in [-0.25, -0.2) is 4.79 Å². The summed E-state index contributed by atoms with van der Waals surface area (Å²) < 4.78 is 0. The number of hydrogen-bond donors (Lipinski definition) is 9. The minimum atomic E-state index is -1.54. The molecule has 0 aromatic heterocycles. The van der Waals surface area contributed by atoms with Crippen LogP contribution in [0.1, 0.15) is 32.1 Å². The number of unbranched alkanes of at least 4 members (excludes halogenated alkanes) is 1. The van der Waals surface area contributed by atoms with Crippen LogP contribution in [0.4, 0.5) is 0 Å². The Bertz CT molecular complexity index is 707. The first-order valence-corrected chi connectivity index (χ1v) is 10.3. The van der Waals surface area contributed by atoms with E-state index in [1.165, 1.54) is 0 Å². The summed E-state index contributed by atoms with van der Waals surface area (Å²) in [5.74, 6) is -6.63. The van der Waals surface area contributed by atoms with Crippen molar-refractivity contribution >= 4 is 48.2 Å². The van der Waals surface area contributed by atoms with Crippen molar-refractivity contribution in [2.24, 2.45) is 17.2 Å². The first-order chi connectivity index (χ1) is 14.9. The van der Waals surface area contributed by atoms with Crippen LogP contribution in [0.3, 0.4) is 0 Å². The van der Waals surface area contributed by atoms with Crippen LogP contribution in [0.2, 0.25) is 0 Å². The molecule has 4 amide bonds. The number of rotatable bonds is 16. The summed E-state index contributed by atoms with van der Waals surface area (Å²) in [6.45, 7) is 0.318. The van der Waals surface area contributed by atoms with Crippen molar-refractivity contribution in [3.05, 3.63) is 0 Å². The predicted octanol–water partition coefficient (Wildman–Crippen LogP) is -3.74. The summed E-state index contributed by atoms with van der Waals surface area (Å²) in [6, 6.07) is -5.55. The van der Waals surface area contributed by atoms with Crippen molar-refractivity contribution in [2.45, 2.75) is 56.3 Å². The minimum absolute atomic E-state index is 0.0868. The van der Waals surface area contributed by atoms with Crippen molar-refractivity contribution in [3.63, 3.8) is 0 Å². The number of amides is 4. The number of carbonyl (C=O) groups excluding carboxylic acids is 4. The summed E-state index contributed by atoms with van der Waals surface area (Å²) in [5.41, 5.74) is 16.0. The highest BCUT2D eigenvalue weighted by atomic mass is 32.1. The molecule has 0 fully saturated rings. The van der Waals surface area contributed by atoms with Crippen molar-refractivity contribution < 1.29 is 39.0 Å². The highest BCUT2D eigenvalue weighted by molar-refractivity contribution is 7.80. The van der Waals surface area contributed by atoms with E-state index in [4.69, 9.17) is 27.4 Å². The molecule has 32 heavy (non-hydrogen) atoms. The second-order valence-electron chi connectivity index (χ2n) is 6.86. The zero-order valence-corrected chi connectivity index (χ0v) is 18.2. The van der Waals surface area contributed by atoms with Gasteiger partial charge < -0.3 is 43.4 Å². The van der Waals surface area contributed by atoms with Crippen LogP contribution >= 0.6 is 12.6 Å². The Labute approximate surface area is 189 Å². The molecule has 0 radical (unpaired) electrons. The molecule has 11 N–H and O–H groups in total. The second-order valence-corrected chi connectivity index (χ2v) is 7.23. The highest BCUT2D eigenvalue weighted by Gasteiger charge is 2.31. The summed E-state index contributed by atoms with van der Waals surface area (Å²) in [4.78, 5) is 70.4. The van der Waals surface area contributed by atoms with Gasteiger partial charge in [0.25, 0.3) is 0 Å². The number of carboxylic acids is 2. The number of nitrogens with two attached hydrogens (primary N) is 3. The zero-order valence-electron chi connectivity index (χ0n) is 17.3. The molecule has 4 atom stereocenters. The zero-order chi connectivity index (χ0) is 24.8. The Morgan fingerprint density at radius 3 is 1.81 bits per heavy atom. The molecule has 0 aliphatic rings. The summed E-state index contributed by atoms with van der Waals surface area (Å²) in [7, 11) is 0. The van der Waals surface area contributed by atoms with Gasteiger partial charge in [-0.3, -0.25) is 24.0 Å². The lowest BCUT2D eigenvalue weighted by Gasteiger charge is -2.24. The van der Waals surface area contributed by atoms with Gasteiger partial charge in [-0.1, -0.05) is 0 Å². The minimum Gasteiger partial charge on any atom is -0.481 e. The number of carboxylic acid groups (broad SMARTS) is 2. The molecule has 15 heteroatoms. The van der Waals surface area contributed by atoms with Crippen molar-refractivity contribution in [1.29, 1.82) is 0 Å². The van der Waals surface area contributed by atoms with E-state index in [2.05, 4.69) is 28.6 Å². The molecule has 0 rings (SSSR count). The number of carbonyl (C=O) groups is 6. The van der Waals surface area contributed by atoms with Gasteiger partial charge in [0.1, 0.15) is 18.1 Å². The first kappa shape index (κ1) is 29.1. The van der Waals surface area contributed by atoms with Crippen molar-refractivity contribution in [3.8, 4) is 0 Å². The standard InChI is InChI=1S/C17H30N6O8S/c18-4-2-1-3-9(15(28)23-11(7-32)17(30)31)21-16(29)10(6-12(20)24)22-14(27)8(19)5-13(25)26/h8-11,32H,1-7,18-19H2,(H2,20,24)(H,21,29)(H,22,27)(H,23,28)(H,25,26)(H,30,31). The average molecular weight is 479 g/mol. The Morgan fingerprint density at radius 1 is 0.812 bits per heavy atom. The van der Waals surface area contributed by atoms with E-state index in [9.17, 15) is 28.8 Å². The van der Waals surface area contributed by atoms with Gasteiger partial charge in [0.05, 0.1) is 18.9 Å². The fourth-order valence-electron chi connectivity index (χ4n) is 2.46. The second kappa shape index (κ2) is 15.0. The third kappa shape index (κ3) is 11.5. The molecule has 0 aliphatic heterocycles. The molecule has 182 valence electrons. The highest BCUT2D eigenvalue weighted by Crippen LogP contribution is 2.04. The van der Waals surface area contributed by atoms with E-state index in [1.807, 2.05) is 0 Å². The van der Waals surface area contributed by atoms with Crippen LogP contribution in [0, 0.1) is 0 Å². The first-order valence-electron chi connectivity index (χ1n) is 9.63. The smallest absolute Gasteiger partial charge is 0.327 e. The molecule has 0 aromatic carbocycles. The number of aliphatic carboxylic acids is 2. The quantitative estimate of drug-likeness (QED) is 0.0773. The molecule has 0 aliphatic carbocycles. The fourth-order valence-corrected chi connectivity index (χ4v) is 2.71. The molecule has 4 unspecified atom stereocenters. The molecule has 0 spiro atoms. The van der Waals surface area contributed by atoms with E-state index in [0.29, 0.717) is 19.4 Å². The maximum Gasteiger partial charge on any atom is 0.327 e. The number of primary amides is 1. The molecular weight excluding hydrogens is 448 g/mol. The van der Waals surface area contributed by atoms with E-state index in [-0.39, 0.29) is 12.2 Å². The van der Waals surface area contributed by atoms with Gasteiger partial charge >= 0.3 is 11.9 Å². The summed E-state index contributed by atoms with van der Waals surface area (Å²) >= 11 is 3.85. The normalized spacial score (nSPS) is 14.3. The van der Waals surface area contributed by atoms with E-state index in [1.54, 1.807) is 0 Å². The predicted molar refractivity (Wildman–Crippen MR) is 114 cm³/mol. The van der Waals surface area contributed by atoms with Crippen LogP contribution in [0.15, 0.2) is 0 Å². The number of hydrogen-bond acceptors (Lipinski definition) is 9. The number of nitrogens with one attached hydrogen (secondary N) is 3. The maximum absolute atomic E-state index is 12.7. The molecular formula is C17H30N6O8S. The molecule has 0 saturated carbocycles. The van der Waals surface area contributed by atoms with Gasteiger partial charge in [-0.15, -0.1) is 0 Å². The van der Waals surface area contributed by atoms with Crippen LogP contribution in [0.5, 0.6) is 0 Å². The third-order valence-electron chi connectivity index (χ3n) is 4.15. The molecule has 0 saturated heterocycles. The van der Waals surface area contributed by atoms with E-state index in [0.717, 1.165) is 0 Å². The maximum atomic E-state index is 12.7. The lowest BCUT2D eigenvalue weighted by atomic mass is 10.1. The largest absolute Gasteiger partial charge is 0.481 e. The Hall–Kier alpha value is -2.91. The SMILES string of the molecule is NCCCCC(NC(=O)C(CC(N)=O)NC(=O)C(N)CC(=O)O)C(=O)NC(CS)C(=O)O. The molecule has 14 nitrogen and oxygen atoms in total. The van der Waals surface area contributed by atoms with Gasteiger partial charge in [0.15, 0.2) is 0 Å². The summed E-state index contributed by atoms with van der Waals surface area (Å²) in [5, 5.41) is 24.5. The number of thiol groups is 1. The van der Waals surface area contributed by atoms with Gasteiger partial charge in [-0.2, -0.15) is 12.6 Å². The average Bonchev–Trinajstić information content (AvgIpc) is 2.69. The molecule has 0 bridgehead atoms. The van der Waals surface area contributed by atoms with Crippen molar-refractivity contribution in [2.75, 3.05) is 12.3 Å². The van der Waals surface area contributed by atoms with Crippen molar-refractivity contribution in [1.82, 2.24) is 16.0 Å². The van der Waals surface area contributed by atoms with Crippen LogP contribution in [-0.4, -0.2) is 82.2 Å². The summed E-state index contributed by atoms with van der Waals surface area (Å²) in [6.07, 6.45) is -0.364. The Kier molecular flexibility index (Phi) is 13.6. The lowest BCUT2D eigenvalue weighted by molar-refractivity contribution is -0.141. The van der Waals surface area contributed by atoms with Gasteiger partial charge in [0.2, 0.25) is 23.6 Å². The van der Waals surface area contributed by atoms with Gasteiger partial charge in [-0.05, 0) is 25.8 Å². The topological polar surface area (TPSA) is 257 Å². The lowest BCUT2D eigenvalue weighted by Crippen LogP contribution is -2.58.